The molecular formula is C56H41O2PS2. The van der Waals surface area contributed by atoms with E-state index in [1.165, 1.54) is 29.4 Å². The molecule has 11 rings (SSSR count). The zero-order valence-electron chi connectivity index (χ0n) is 33.2. The monoisotopic (exact) mass is 840 g/mol. The molecule has 0 spiro atoms. The van der Waals surface area contributed by atoms with E-state index in [9.17, 15) is 0 Å². The molecular weight excluding hydrogens is 800 g/mol. The van der Waals surface area contributed by atoms with E-state index >= 15 is 0 Å². The van der Waals surface area contributed by atoms with E-state index in [4.69, 9.17) is 8.39 Å². The van der Waals surface area contributed by atoms with Gasteiger partial charge in [-0.2, -0.15) is 0 Å². The van der Waals surface area contributed by atoms with Gasteiger partial charge in [-0.1, -0.05) is 158 Å². The van der Waals surface area contributed by atoms with Crippen molar-refractivity contribution in [2.45, 2.75) is 39.2 Å². The zero-order chi connectivity index (χ0) is 40.6. The van der Waals surface area contributed by atoms with Crippen molar-refractivity contribution in [1.29, 1.82) is 0 Å². The van der Waals surface area contributed by atoms with Crippen LogP contribution in [0, 0.1) is 0 Å². The quantitative estimate of drug-likeness (QED) is 0.152. The van der Waals surface area contributed by atoms with Gasteiger partial charge in [0, 0.05) is 49.9 Å². The van der Waals surface area contributed by atoms with Gasteiger partial charge in [0.1, 0.15) is 0 Å². The predicted molar refractivity (Wildman–Crippen MR) is 258 cm³/mol. The van der Waals surface area contributed by atoms with Gasteiger partial charge in [-0.05, 0) is 106 Å². The molecule has 10 aromatic carbocycles. The molecule has 11 aromatic rings. The maximum absolute atomic E-state index is 7.31. The molecule has 294 valence electrons. The minimum absolute atomic E-state index is 0.305. The summed E-state index contributed by atoms with van der Waals surface area (Å²) >= 11 is 0. The number of fused-ring (bicyclic) bond motifs is 7. The summed E-state index contributed by atoms with van der Waals surface area (Å²) in [5, 5.41) is 6.68. The highest BCUT2D eigenvalue weighted by Crippen LogP contribution is 2.77. The first-order valence-electron chi connectivity index (χ1n) is 20.5. The topological polar surface area (TPSA) is 26.3 Å². The molecule has 0 unspecified atom stereocenters. The van der Waals surface area contributed by atoms with Crippen LogP contribution in [0.2, 0.25) is 0 Å². The second-order valence-corrected chi connectivity index (χ2v) is 21.7. The predicted octanol–water partition coefficient (Wildman–Crippen LogP) is 17.3. The van der Waals surface area contributed by atoms with Crippen molar-refractivity contribution in [2.75, 3.05) is 0 Å². The Hall–Kier alpha value is -6.68. The SMILES string of the molecule is c1ccc(S(c2ccccc2)(c2ccccc2)c2cc3ccccc3c3c2o[pH]oc2c(S(c4ccccc4)(c4ccccc4)c4ccccc4)cc4ccccc4c23)cc1. The van der Waals surface area contributed by atoms with Crippen molar-refractivity contribution in [2.24, 2.45) is 0 Å². The summed E-state index contributed by atoms with van der Waals surface area (Å²) in [5.74, 6) is 0. The van der Waals surface area contributed by atoms with Crippen LogP contribution in [-0.4, -0.2) is 0 Å². The van der Waals surface area contributed by atoms with E-state index in [0.29, 0.717) is 0 Å². The van der Waals surface area contributed by atoms with Crippen LogP contribution in [0.25, 0.3) is 43.5 Å². The normalized spacial score (nSPS) is 12.5. The van der Waals surface area contributed by atoms with Gasteiger partial charge in [0.2, 0.25) is 8.67 Å². The fourth-order valence-electron chi connectivity index (χ4n) is 9.19. The second kappa shape index (κ2) is 15.7. The van der Waals surface area contributed by atoms with Gasteiger partial charge < -0.3 is 8.39 Å². The van der Waals surface area contributed by atoms with Crippen LogP contribution >= 0.6 is 28.7 Å². The smallest absolute Gasteiger partial charge is 0.201 e. The van der Waals surface area contributed by atoms with E-state index in [0.717, 1.165) is 53.3 Å². The minimum Gasteiger partial charge on any atom is -0.420 e. The Morgan fingerprint density at radius 2 is 0.525 bits per heavy atom. The highest BCUT2D eigenvalue weighted by Gasteiger charge is 2.39. The molecule has 5 heteroatoms. The molecule has 0 amide bonds. The first-order chi connectivity index (χ1) is 30.3. The Morgan fingerprint density at radius 1 is 0.279 bits per heavy atom. The molecule has 0 bridgehead atoms. The van der Waals surface area contributed by atoms with Gasteiger partial charge >= 0.3 is 0 Å². The van der Waals surface area contributed by atoms with E-state index in [1.807, 2.05) is 0 Å². The molecule has 0 saturated heterocycles. The van der Waals surface area contributed by atoms with Crippen LogP contribution < -0.4 is 0 Å². The minimum atomic E-state index is -2.15. The summed E-state index contributed by atoms with van der Waals surface area (Å²) in [6.45, 7) is 0. The van der Waals surface area contributed by atoms with Gasteiger partial charge in [-0.15, -0.1) is 20.1 Å². The fourth-order valence-corrected chi connectivity index (χ4v) is 18.0. The van der Waals surface area contributed by atoms with Crippen LogP contribution in [0.15, 0.2) is 290 Å². The third kappa shape index (κ3) is 5.97. The maximum Gasteiger partial charge on any atom is 0.201 e. The van der Waals surface area contributed by atoms with E-state index in [-0.39, 0.29) is 8.67 Å². The summed E-state index contributed by atoms with van der Waals surface area (Å²) in [7, 11) is -4.61. The largest absolute Gasteiger partial charge is 0.420 e. The van der Waals surface area contributed by atoms with Crippen LogP contribution in [0.4, 0.5) is 0 Å². The third-order valence-electron chi connectivity index (χ3n) is 11.7. The molecule has 0 fully saturated rings. The Bertz CT molecular complexity index is 2920. The molecule has 0 radical (unpaired) electrons. The molecule has 1 aromatic heterocycles. The molecule has 0 atom stereocenters. The molecule has 0 aliphatic rings. The van der Waals surface area contributed by atoms with Crippen molar-refractivity contribution >= 4 is 72.2 Å². The lowest BCUT2D eigenvalue weighted by Crippen LogP contribution is -2.06. The van der Waals surface area contributed by atoms with E-state index < -0.39 is 20.1 Å². The lowest BCUT2D eigenvalue weighted by molar-refractivity contribution is 0.654. The number of hydrogen-bond acceptors (Lipinski definition) is 2. The van der Waals surface area contributed by atoms with Gasteiger partial charge in [0.15, 0.2) is 11.2 Å². The summed E-state index contributed by atoms with van der Waals surface area (Å²) in [6.07, 6.45) is 0. The van der Waals surface area contributed by atoms with Crippen molar-refractivity contribution in [3.05, 3.63) is 243 Å². The van der Waals surface area contributed by atoms with Crippen LogP contribution in [0.1, 0.15) is 0 Å². The van der Waals surface area contributed by atoms with Crippen molar-refractivity contribution < 1.29 is 8.39 Å². The average molecular weight is 841 g/mol. The van der Waals surface area contributed by atoms with Gasteiger partial charge in [-0.25, -0.2) is 0 Å². The van der Waals surface area contributed by atoms with E-state index in [2.05, 4.69) is 243 Å². The number of rotatable bonds is 8. The Morgan fingerprint density at radius 3 is 0.803 bits per heavy atom. The van der Waals surface area contributed by atoms with Gasteiger partial charge in [0.05, 0.1) is 0 Å². The number of benzene rings is 10. The third-order valence-corrected chi connectivity index (χ3v) is 20.1. The van der Waals surface area contributed by atoms with Crippen molar-refractivity contribution in [3.63, 3.8) is 0 Å². The molecule has 0 aliphatic heterocycles. The lowest BCUT2D eigenvalue weighted by Gasteiger charge is -2.42. The average Bonchev–Trinajstić information content (AvgIpc) is 3.55. The second-order valence-electron chi connectivity index (χ2n) is 15.0. The molecule has 0 saturated carbocycles. The van der Waals surface area contributed by atoms with Crippen LogP contribution in [0.5, 0.6) is 0 Å². The first-order valence-corrected chi connectivity index (χ1v) is 24.6. The van der Waals surface area contributed by atoms with Crippen LogP contribution in [-0.2, 0) is 0 Å². The number of hydrogen-bond donors (Lipinski definition) is 0. The maximum atomic E-state index is 7.31. The van der Waals surface area contributed by atoms with Crippen molar-refractivity contribution in [3.8, 4) is 0 Å². The Balaban J connectivity index is 1.41. The van der Waals surface area contributed by atoms with E-state index in [1.54, 1.807) is 0 Å². The standard InChI is InChI=1S/C56H41O2PS2/c1-7-25-43(26-8-1)60(44-27-9-2-10-28-44,45-29-11-3-12-30-45)51-39-41-23-19-21-37-49(41)53-54-50-38-22-20-24-42(50)40-52(56(54)58-59-57-55(51)53)61(46-31-13-4-14-32-46,47-33-15-5-16-34-47)48-35-17-6-18-36-48/h1-40,59H. The van der Waals surface area contributed by atoms with Gasteiger partial charge in [-0.3, -0.25) is 0 Å². The van der Waals surface area contributed by atoms with Crippen molar-refractivity contribution in [1.82, 2.24) is 0 Å². The molecule has 0 aliphatic carbocycles. The highest BCUT2D eigenvalue weighted by atomic mass is 32.3. The first kappa shape index (κ1) is 37.3. The lowest BCUT2D eigenvalue weighted by atomic mass is 9.98. The summed E-state index contributed by atoms with van der Waals surface area (Å²) < 4.78 is 14.6. The van der Waals surface area contributed by atoms with Gasteiger partial charge in [0.25, 0.3) is 0 Å². The molecule has 1 heterocycles. The molecule has 61 heavy (non-hydrogen) atoms. The summed E-state index contributed by atoms with van der Waals surface area (Å²) in [5.41, 5.74) is 1.73. The zero-order valence-corrected chi connectivity index (χ0v) is 35.9. The summed E-state index contributed by atoms with van der Waals surface area (Å²) in [4.78, 5) is 9.72. The molecule has 0 N–H and O–H groups in total. The molecule has 2 nitrogen and oxygen atoms in total. The summed E-state index contributed by atoms with van der Waals surface area (Å²) in [6, 6.07) is 88.7. The fraction of sp³-hybridized carbons (Fsp3) is 0. The Kier molecular flexibility index (Phi) is 9.63. The van der Waals surface area contributed by atoms with Crippen LogP contribution in [0.3, 0.4) is 0 Å². The highest BCUT2D eigenvalue weighted by molar-refractivity contribution is 8.34. The Labute approximate surface area is 360 Å².